The quantitative estimate of drug-likeness (QED) is 0.620. The molecule has 0 aromatic heterocycles. The van der Waals surface area contributed by atoms with E-state index in [0.717, 1.165) is 6.54 Å². The van der Waals surface area contributed by atoms with Crippen molar-refractivity contribution in [1.29, 1.82) is 0 Å². The first-order valence-corrected chi connectivity index (χ1v) is 4.86. The maximum atomic E-state index is 8.96. The van der Waals surface area contributed by atoms with Crippen LogP contribution in [0.3, 0.4) is 0 Å². The van der Waals surface area contributed by atoms with Crippen LogP contribution < -0.4 is 5.32 Å². The fourth-order valence-corrected chi connectivity index (χ4v) is 1.27. The SMILES string of the molecule is OCCC(CO)NCc1ccccc1. The fraction of sp³-hybridized carbons (Fsp3) is 0.455. The second-order valence-electron chi connectivity index (χ2n) is 3.26. The molecule has 0 aliphatic rings. The Hall–Kier alpha value is -0.900. The highest BCUT2D eigenvalue weighted by Gasteiger charge is 2.04. The molecule has 0 saturated heterocycles. The van der Waals surface area contributed by atoms with Gasteiger partial charge in [-0.15, -0.1) is 0 Å². The highest BCUT2D eigenvalue weighted by molar-refractivity contribution is 5.14. The van der Waals surface area contributed by atoms with E-state index in [9.17, 15) is 0 Å². The van der Waals surface area contributed by atoms with E-state index >= 15 is 0 Å². The van der Waals surface area contributed by atoms with Crippen LogP contribution in [0.5, 0.6) is 0 Å². The molecule has 3 N–H and O–H groups in total. The van der Waals surface area contributed by atoms with Gasteiger partial charge in [-0.25, -0.2) is 0 Å². The summed E-state index contributed by atoms with van der Waals surface area (Å²) in [6.45, 7) is 0.895. The van der Waals surface area contributed by atoms with E-state index in [1.54, 1.807) is 0 Å². The maximum Gasteiger partial charge on any atom is 0.0585 e. The highest BCUT2D eigenvalue weighted by Crippen LogP contribution is 1.99. The standard InChI is InChI=1S/C11H17NO2/c13-7-6-11(9-14)12-8-10-4-2-1-3-5-10/h1-5,11-14H,6-9H2. The lowest BCUT2D eigenvalue weighted by atomic mass is 10.2. The summed E-state index contributed by atoms with van der Waals surface area (Å²) in [5, 5.41) is 20.9. The molecule has 3 heteroatoms. The Kier molecular flexibility index (Phi) is 5.22. The van der Waals surface area contributed by atoms with Crippen molar-refractivity contribution in [3.05, 3.63) is 35.9 Å². The zero-order valence-electron chi connectivity index (χ0n) is 8.19. The van der Waals surface area contributed by atoms with Crippen molar-refractivity contribution in [3.63, 3.8) is 0 Å². The molecule has 14 heavy (non-hydrogen) atoms. The van der Waals surface area contributed by atoms with Crippen LogP contribution in [0.4, 0.5) is 0 Å². The van der Waals surface area contributed by atoms with Crippen LogP contribution in [-0.2, 0) is 6.54 Å². The van der Waals surface area contributed by atoms with Gasteiger partial charge in [-0.3, -0.25) is 0 Å². The molecule has 0 aliphatic heterocycles. The van der Waals surface area contributed by atoms with Gasteiger partial charge in [0.15, 0.2) is 0 Å². The Balaban J connectivity index is 2.32. The van der Waals surface area contributed by atoms with Crippen LogP contribution in [0, 0.1) is 0 Å². The van der Waals surface area contributed by atoms with E-state index in [0.29, 0.717) is 6.42 Å². The molecule has 0 bridgehead atoms. The Labute approximate surface area is 84.4 Å². The number of benzene rings is 1. The minimum absolute atomic E-state index is 0.0137. The van der Waals surface area contributed by atoms with Gasteiger partial charge in [0.05, 0.1) is 6.61 Å². The molecule has 3 nitrogen and oxygen atoms in total. The third-order valence-electron chi connectivity index (χ3n) is 2.14. The van der Waals surface area contributed by atoms with E-state index in [2.05, 4.69) is 5.32 Å². The first-order chi connectivity index (χ1) is 6.86. The predicted molar refractivity (Wildman–Crippen MR) is 55.9 cm³/mol. The van der Waals surface area contributed by atoms with Crippen molar-refractivity contribution in [1.82, 2.24) is 5.32 Å². The number of nitrogens with one attached hydrogen (secondary N) is 1. The molecule has 1 aromatic carbocycles. The summed E-state index contributed by atoms with van der Waals surface area (Å²) in [5.41, 5.74) is 1.18. The molecule has 0 amide bonds. The van der Waals surface area contributed by atoms with Gasteiger partial charge in [-0.05, 0) is 12.0 Å². The Morgan fingerprint density at radius 1 is 1.14 bits per heavy atom. The summed E-state index contributed by atoms with van der Waals surface area (Å²) in [7, 11) is 0. The van der Waals surface area contributed by atoms with Crippen molar-refractivity contribution >= 4 is 0 Å². The van der Waals surface area contributed by atoms with Crippen molar-refractivity contribution in [2.24, 2.45) is 0 Å². The normalized spacial score (nSPS) is 12.7. The third-order valence-corrected chi connectivity index (χ3v) is 2.14. The van der Waals surface area contributed by atoms with Crippen LogP contribution in [-0.4, -0.2) is 29.5 Å². The summed E-state index contributed by atoms with van der Waals surface area (Å²) >= 11 is 0. The van der Waals surface area contributed by atoms with Crippen molar-refractivity contribution in [2.75, 3.05) is 13.2 Å². The number of aliphatic hydroxyl groups excluding tert-OH is 2. The molecule has 0 fully saturated rings. The maximum absolute atomic E-state index is 8.96. The third kappa shape index (κ3) is 3.87. The molecule has 1 unspecified atom stereocenters. The minimum atomic E-state index is -0.0137. The topological polar surface area (TPSA) is 52.5 Å². The van der Waals surface area contributed by atoms with Gasteiger partial charge in [0.25, 0.3) is 0 Å². The fourth-order valence-electron chi connectivity index (χ4n) is 1.27. The highest BCUT2D eigenvalue weighted by atomic mass is 16.3. The van der Waals surface area contributed by atoms with Crippen LogP contribution in [0.2, 0.25) is 0 Å². The first-order valence-electron chi connectivity index (χ1n) is 4.86. The minimum Gasteiger partial charge on any atom is -0.396 e. The molecule has 78 valence electrons. The zero-order valence-corrected chi connectivity index (χ0v) is 8.19. The average molecular weight is 195 g/mol. The largest absolute Gasteiger partial charge is 0.396 e. The zero-order chi connectivity index (χ0) is 10.2. The van der Waals surface area contributed by atoms with E-state index < -0.39 is 0 Å². The second kappa shape index (κ2) is 6.54. The van der Waals surface area contributed by atoms with E-state index in [1.165, 1.54) is 5.56 Å². The monoisotopic (exact) mass is 195 g/mol. The summed E-state index contributed by atoms with van der Waals surface area (Å²) in [4.78, 5) is 0. The first kappa shape index (κ1) is 11.2. The van der Waals surface area contributed by atoms with Crippen molar-refractivity contribution < 1.29 is 10.2 Å². The molecule has 1 atom stereocenters. The van der Waals surface area contributed by atoms with E-state index in [-0.39, 0.29) is 19.3 Å². The molecule has 0 aliphatic carbocycles. The molecule has 1 rings (SSSR count). The Morgan fingerprint density at radius 2 is 1.86 bits per heavy atom. The van der Waals surface area contributed by atoms with Gasteiger partial charge >= 0.3 is 0 Å². The van der Waals surface area contributed by atoms with E-state index in [4.69, 9.17) is 10.2 Å². The van der Waals surface area contributed by atoms with Gasteiger partial charge in [0.1, 0.15) is 0 Å². The van der Waals surface area contributed by atoms with Crippen LogP contribution >= 0.6 is 0 Å². The molecule has 1 aromatic rings. The van der Waals surface area contributed by atoms with Gasteiger partial charge < -0.3 is 15.5 Å². The molecular formula is C11H17NO2. The molecule has 0 radical (unpaired) electrons. The average Bonchev–Trinajstić information content (AvgIpc) is 2.25. The molecule has 0 spiro atoms. The molecule has 0 saturated carbocycles. The Morgan fingerprint density at radius 3 is 2.43 bits per heavy atom. The number of rotatable bonds is 6. The molecular weight excluding hydrogens is 178 g/mol. The summed E-state index contributed by atoms with van der Waals surface area (Å²) in [6, 6.07) is 9.98. The van der Waals surface area contributed by atoms with E-state index in [1.807, 2.05) is 30.3 Å². The van der Waals surface area contributed by atoms with Crippen LogP contribution in [0.25, 0.3) is 0 Å². The van der Waals surface area contributed by atoms with Gasteiger partial charge in [-0.1, -0.05) is 30.3 Å². The lowest BCUT2D eigenvalue weighted by Gasteiger charge is -2.14. The summed E-state index contributed by atoms with van der Waals surface area (Å²) in [6.07, 6.45) is 0.587. The van der Waals surface area contributed by atoms with Gasteiger partial charge in [0.2, 0.25) is 0 Å². The molecule has 0 heterocycles. The van der Waals surface area contributed by atoms with Crippen LogP contribution in [0.1, 0.15) is 12.0 Å². The summed E-state index contributed by atoms with van der Waals surface area (Å²) in [5.74, 6) is 0. The van der Waals surface area contributed by atoms with Crippen molar-refractivity contribution in [2.45, 2.75) is 19.0 Å². The van der Waals surface area contributed by atoms with Gasteiger partial charge in [0, 0.05) is 19.2 Å². The van der Waals surface area contributed by atoms with Crippen molar-refractivity contribution in [3.8, 4) is 0 Å². The number of aliphatic hydroxyl groups is 2. The number of hydrogen-bond donors (Lipinski definition) is 3. The van der Waals surface area contributed by atoms with Gasteiger partial charge in [-0.2, -0.15) is 0 Å². The Bertz CT molecular complexity index is 238. The predicted octanol–water partition coefficient (Wildman–Crippen LogP) is 0.519. The van der Waals surface area contributed by atoms with Crippen LogP contribution in [0.15, 0.2) is 30.3 Å². The smallest absolute Gasteiger partial charge is 0.0585 e. The second-order valence-corrected chi connectivity index (χ2v) is 3.26. The summed E-state index contributed by atoms with van der Waals surface area (Å²) < 4.78 is 0. The lowest BCUT2D eigenvalue weighted by molar-refractivity contribution is 0.200. The number of hydrogen-bond acceptors (Lipinski definition) is 3. The lowest BCUT2D eigenvalue weighted by Crippen LogP contribution is -2.32.